The molecule has 1 atom stereocenters. The lowest BCUT2D eigenvalue weighted by Gasteiger charge is -2.16. The van der Waals surface area contributed by atoms with Gasteiger partial charge in [0.15, 0.2) is 0 Å². The Morgan fingerprint density at radius 3 is 2.33 bits per heavy atom. The van der Waals surface area contributed by atoms with E-state index in [2.05, 4.69) is 97.9 Å². The highest BCUT2D eigenvalue weighted by Crippen LogP contribution is 2.27. The second kappa shape index (κ2) is 11.9. The summed E-state index contributed by atoms with van der Waals surface area (Å²) in [4.78, 5) is 0. The number of benzene rings is 2. The van der Waals surface area contributed by atoms with Gasteiger partial charge >= 0.3 is 0 Å². The monoisotopic (exact) mass is 419 g/mol. The molecule has 1 N–H and O–H groups in total. The minimum atomic E-state index is 0.867. The van der Waals surface area contributed by atoms with Crippen molar-refractivity contribution >= 4 is 20.4 Å². The van der Waals surface area contributed by atoms with Crippen LogP contribution >= 0.6 is 9.24 Å². The van der Waals surface area contributed by atoms with Crippen LogP contribution in [0.2, 0.25) is 0 Å². The number of rotatable bonds is 11. The van der Waals surface area contributed by atoms with Crippen molar-refractivity contribution in [2.24, 2.45) is 0 Å². The molecule has 2 heteroatoms. The first-order valence-electron chi connectivity index (χ1n) is 11.0. The summed E-state index contributed by atoms with van der Waals surface area (Å²) in [6.07, 6.45) is 7.95. The van der Waals surface area contributed by atoms with Crippen LogP contribution in [0.15, 0.2) is 61.3 Å². The normalized spacial score (nSPS) is 11.4. The summed E-state index contributed by atoms with van der Waals surface area (Å²) >= 11 is 0. The third-order valence-electron chi connectivity index (χ3n) is 5.80. The van der Waals surface area contributed by atoms with Crippen LogP contribution in [0, 0.1) is 13.8 Å². The van der Waals surface area contributed by atoms with Crippen LogP contribution in [-0.4, -0.2) is 12.7 Å². The van der Waals surface area contributed by atoms with Crippen molar-refractivity contribution in [3.05, 3.63) is 94.7 Å². The fourth-order valence-corrected chi connectivity index (χ4v) is 4.08. The van der Waals surface area contributed by atoms with Crippen LogP contribution in [-0.2, 0) is 12.8 Å². The van der Waals surface area contributed by atoms with Gasteiger partial charge in [0.2, 0.25) is 0 Å². The van der Waals surface area contributed by atoms with Gasteiger partial charge in [-0.1, -0.05) is 55.6 Å². The lowest BCUT2D eigenvalue weighted by atomic mass is 9.91. The van der Waals surface area contributed by atoms with Gasteiger partial charge in [0.1, 0.15) is 0 Å². The molecule has 0 fully saturated rings. The summed E-state index contributed by atoms with van der Waals surface area (Å²) in [6.45, 7) is 18.1. The van der Waals surface area contributed by atoms with Crippen molar-refractivity contribution in [2.45, 2.75) is 53.4 Å². The lowest BCUT2D eigenvalue weighted by Crippen LogP contribution is -2.13. The first-order valence-corrected chi connectivity index (χ1v) is 11.9. The Morgan fingerprint density at radius 1 is 1.00 bits per heavy atom. The summed E-state index contributed by atoms with van der Waals surface area (Å²) in [5.74, 6) is 0. The quantitative estimate of drug-likeness (QED) is 0.229. The van der Waals surface area contributed by atoms with E-state index in [1.165, 1.54) is 58.0 Å². The van der Waals surface area contributed by atoms with Gasteiger partial charge in [-0.25, -0.2) is 0 Å². The Labute approximate surface area is 186 Å². The summed E-state index contributed by atoms with van der Waals surface area (Å²) in [7, 11) is 2.81. The molecule has 0 radical (unpaired) electrons. The Kier molecular flexibility index (Phi) is 9.60. The molecule has 0 aromatic heterocycles. The molecule has 0 bridgehead atoms. The lowest BCUT2D eigenvalue weighted by molar-refractivity contribution is 0.802. The molecule has 30 heavy (non-hydrogen) atoms. The van der Waals surface area contributed by atoms with E-state index in [-0.39, 0.29) is 0 Å². The minimum Gasteiger partial charge on any atom is -0.389 e. The molecule has 0 aliphatic heterocycles. The second-order valence-corrected chi connectivity index (χ2v) is 8.71. The summed E-state index contributed by atoms with van der Waals surface area (Å²) in [5.41, 5.74) is 11.2. The maximum Gasteiger partial charge on any atom is 0.0120 e. The van der Waals surface area contributed by atoms with E-state index >= 15 is 0 Å². The number of hydrogen-bond donors (Lipinski definition) is 1. The van der Waals surface area contributed by atoms with E-state index in [1.807, 2.05) is 0 Å². The second-order valence-electron chi connectivity index (χ2n) is 8.13. The van der Waals surface area contributed by atoms with E-state index in [1.54, 1.807) is 0 Å². The Morgan fingerprint density at radius 2 is 1.70 bits per heavy atom. The van der Waals surface area contributed by atoms with Gasteiger partial charge in [0, 0.05) is 18.7 Å². The van der Waals surface area contributed by atoms with E-state index in [0.29, 0.717) is 0 Å². The Hall–Kier alpha value is -2.11. The predicted molar refractivity (Wildman–Crippen MR) is 139 cm³/mol. The molecule has 0 amide bonds. The van der Waals surface area contributed by atoms with E-state index < -0.39 is 0 Å². The maximum absolute atomic E-state index is 4.37. The summed E-state index contributed by atoms with van der Waals surface area (Å²) in [6, 6.07) is 13.4. The van der Waals surface area contributed by atoms with Crippen molar-refractivity contribution in [3.8, 4) is 0 Å². The van der Waals surface area contributed by atoms with Crippen LogP contribution in [0.1, 0.15) is 60.1 Å². The molecular formula is C28H38NP. The standard InChI is InChI=1S/C28H38NP/c1-7-29-22(4)19-27-15-16-28(24(6)23(27)5)21(3)18-20(2)26-13-11-25(12-14-26)10-8-9-17-30/h11-16,18,29H,3-4,7-10,17,19,30H2,1-2,5-6H3/b20-18+. The molecule has 2 rings (SSSR count). The zero-order chi connectivity index (χ0) is 22.1. The topological polar surface area (TPSA) is 12.0 Å². The highest BCUT2D eigenvalue weighted by atomic mass is 31.0. The minimum absolute atomic E-state index is 0.867. The van der Waals surface area contributed by atoms with Gasteiger partial charge in [-0.05, 0) is 97.6 Å². The molecule has 0 aliphatic carbocycles. The van der Waals surface area contributed by atoms with Crippen LogP contribution in [0.5, 0.6) is 0 Å². The summed E-state index contributed by atoms with van der Waals surface area (Å²) < 4.78 is 0. The van der Waals surface area contributed by atoms with Crippen molar-refractivity contribution in [2.75, 3.05) is 12.7 Å². The highest BCUT2D eigenvalue weighted by Gasteiger charge is 2.09. The molecule has 0 saturated carbocycles. The molecule has 0 heterocycles. The zero-order valence-electron chi connectivity index (χ0n) is 19.3. The van der Waals surface area contributed by atoms with Gasteiger partial charge in [0.25, 0.3) is 0 Å². The fourth-order valence-electron chi connectivity index (χ4n) is 3.79. The number of unbranched alkanes of at least 4 members (excludes halogenated alkanes) is 1. The van der Waals surface area contributed by atoms with Gasteiger partial charge in [-0.15, -0.1) is 9.24 Å². The number of likely N-dealkylation sites (N-methyl/N-ethyl adjacent to an activating group) is 1. The first-order chi connectivity index (χ1) is 14.4. The molecule has 0 spiro atoms. The average Bonchev–Trinajstić information content (AvgIpc) is 2.72. The van der Waals surface area contributed by atoms with Crippen molar-refractivity contribution in [3.63, 3.8) is 0 Å². The highest BCUT2D eigenvalue weighted by molar-refractivity contribution is 7.16. The SMILES string of the molecule is C=C(Cc1ccc(C(=C)/C=C(\C)c2ccc(CCCCP)cc2)c(C)c1C)NCC. The van der Waals surface area contributed by atoms with Gasteiger partial charge < -0.3 is 5.32 Å². The molecule has 0 aliphatic rings. The van der Waals surface area contributed by atoms with Gasteiger partial charge in [-0.2, -0.15) is 0 Å². The van der Waals surface area contributed by atoms with Crippen LogP contribution < -0.4 is 5.32 Å². The molecule has 160 valence electrons. The molecule has 2 aromatic rings. The molecule has 1 nitrogen and oxygen atoms in total. The van der Waals surface area contributed by atoms with E-state index in [0.717, 1.165) is 30.7 Å². The van der Waals surface area contributed by atoms with Gasteiger partial charge in [-0.3, -0.25) is 0 Å². The van der Waals surface area contributed by atoms with Crippen molar-refractivity contribution in [1.29, 1.82) is 0 Å². The molecule has 2 aromatic carbocycles. The molecular weight excluding hydrogens is 381 g/mol. The fraction of sp³-hybridized carbons (Fsp3) is 0.357. The smallest absolute Gasteiger partial charge is 0.0120 e. The van der Waals surface area contributed by atoms with E-state index in [4.69, 9.17) is 0 Å². The number of hydrogen-bond acceptors (Lipinski definition) is 1. The number of aryl methyl sites for hydroxylation is 1. The molecule has 1 unspecified atom stereocenters. The first kappa shape index (κ1) is 24.2. The Bertz CT molecular complexity index is 903. The summed E-state index contributed by atoms with van der Waals surface area (Å²) in [5, 5.41) is 3.32. The maximum atomic E-state index is 4.37. The van der Waals surface area contributed by atoms with Gasteiger partial charge in [0.05, 0.1) is 0 Å². The van der Waals surface area contributed by atoms with Crippen molar-refractivity contribution < 1.29 is 0 Å². The number of nitrogens with one attached hydrogen (secondary N) is 1. The Balaban J connectivity index is 2.14. The van der Waals surface area contributed by atoms with Crippen molar-refractivity contribution in [1.82, 2.24) is 5.32 Å². The van der Waals surface area contributed by atoms with Crippen LogP contribution in [0.4, 0.5) is 0 Å². The largest absolute Gasteiger partial charge is 0.389 e. The zero-order valence-corrected chi connectivity index (χ0v) is 20.4. The average molecular weight is 420 g/mol. The van der Waals surface area contributed by atoms with Crippen LogP contribution in [0.25, 0.3) is 11.1 Å². The number of allylic oxidation sites excluding steroid dienone is 4. The molecule has 0 saturated heterocycles. The van der Waals surface area contributed by atoms with Crippen LogP contribution in [0.3, 0.4) is 0 Å². The third-order valence-corrected chi connectivity index (χ3v) is 6.20. The predicted octanol–water partition coefficient (Wildman–Crippen LogP) is 7.28. The van der Waals surface area contributed by atoms with E-state index in [9.17, 15) is 0 Å². The third kappa shape index (κ3) is 6.71.